The highest BCUT2D eigenvalue weighted by Gasteiger charge is 2.07. The summed E-state index contributed by atoms with van der Waals surface area (Å²) in [7, 11) is 3.41. The van der Waals surface area contributed by atoms with Gasteiger partial charge in [-0.05, 0) is 43.2 Å². The molecule has 1 aromatic heterocycles. The molecule has 3 rings (SSSR count). The van der Waals surface area contributed by atoms with Crippen molar-refractivity contribution in [2.24, 2.45) is 4.99 Å². The molecule has 30 heavy (non-hydrogen) atoms. The third-order valence-electron chi connectivity index (χ3n) is 4.52. The Balaban J connectivity index is 1.41. The number of benzene rings is 2. The number of ether oxygens (including phenoxy) is 2. The Kier molecular flexibility index (Phi) is 7.71. The van der Waals surface area contributed by atoms with Gasteiger partial charge in [-0.25, -0.2) is 4.68 Å². The van der Waals surface area contributed by atoms with E-state index in [1.165, 1.54) is 0 Å². The number of hydrogen-bond acceptors (Lipinski definition) is 4. The van der Waals surface area contributed by atoms with Gasteiger partial charge in [0.2, 0.25) is 0 Å². The van der Waals surface area contributed by atoms with E-state index in [2.05, 4.69) is 26.9 Å². The largest absolute Gasteiger partial charge is 0.497 e. The first-order valence-corrected chi connectivity index (χ1v) is 10.0. The summed E-state index contributed by atoms with van der Waals surface area (Å²) in [5.74, 6) is 2.30. The molecule has 0 amide bonds. The molecule has 158 valence electrons. The molecule has 7 heteroatoms. The SMILES string of the molecule is CN=C(NCCc1cnn(-c2ccccc2)c1)NCC(C)Oc1cccc(OC)c1. The third-order valence-corrected chi connectivity index (χ3v) is 4.52. The van der Waals surface area contributed by atoms with Crippen molar-refractivity contribution in [1.82, 2.24) is 20.4 Å². The number of nitrogens with one attached hydrogen (secondary N) is 2. The topological polar surface area (TPSA) is 72.7 Å². The minimum absolute atomic E-state index is 0.0280. The van der Waals surface area contributed by atoms with Gasteiger partial charge in [-0.2, -0.15) is 5.10 Å². The Labute approximate surface area is 177 Å². The van der Waals surface area contributed by atoms with Crippen LogP contribution in [0, 0.1) is 0 Å². The molecular formula is C23H29N5O2. The Bertz CT molecular complexity index is 940. The molecule has 1 atom stereocenters. The highest BCUT2D eigenvalue weighted by molar-refractivity contribution is 5.79. The molecule has 0 aliphatic rings. The lowest BCUT2D eigenvalue weighted by atomic mass is 10.2. The van der Waals surface area contributed by atoms with Crippen LogP contribution < -0.4 is 20.1 Å². The van der Waals surface area contributed by atoms with Gasteiger partial charge in [0.05, 0.1) is 25.5 Å². The van der Waals surface area contributed by atoms with Crippen LogP contribution in [0.5, 0.6) is 11.5 Å². The lowest BCUT2D eigenvalue weighted by Crippen LogP contribution is -2.42. The first-order chi connectivity index (χ1) is 14.7. The molecule has 2 aromatic carbocycles. The van der Waals surface area contributed by atoms with Crippen LogP contribution >= 0.6 is 0 Å². The van der Waals surface area contributed by atoms with Crippen molar-refractivity contribution < 1.29 is 9.47 Å². The monoisotopic (exact) mass is 407 g/mol. The zero-order chi connectivity index (χ0) is 21.2. The van der Waals surface area contributed by atoms with Crippen molar-refractivity contribution in [3.63, 3.8) is 0 Å². The van der Waals surface area contributed by atoms with E-state index in [9.17, 15) is 0 Å². The Morgan fingerprint density at radius 2 is 1.90 bits per heavy atom. The van der Waals surface area contributed by atoms with Crippen LogP contribution in [0.25, 0.3) is 5.69 Å². The average molecular weight is 408 g/mol. The minimum atomic E-state index is -0.0280. The van der Waals surface area contributed by atoms with E-state index in [4.69, 9.17) is 9.47 Å². The molecule has 1 unspecified atom stereocenters. The molecule has 3 aromatic rings. The first-order valence-electron chi connectivity index (χ1n) is 10.0. The number of para-hydroxylation sites is 1. The fourth-order valence-electron chi connectivity index (χ4n) is 2.95. The highest BCUT2D eigenvalue weighted by Crippen LogP contribution is 2.19. The van der Waals surface area contributed by atoms with E-state index in [0.29, 0.717) is 6.54 Å². The van der Waals surface area contributed by atoms with Crippen molar-refractivity contribution in [3.8, 4) is 17.2 Å². The second kappa shape index (κ2) is 10.9. The van der Waals surface area contributed by atoms with E-state index in [0.717, 1.165) is 41.7 Å². The van der Waals surface area contributed by atoms with E-state index in [-0.39, 0.29) is 6.10 Å². The van der Waals surface area contributed by atoms with Crippen molar-refractivity contribution >= 4 is 5.96 Å². The van der Waals surface area contributed by atoms with E-state index in [1.807, 2.05) is 72.4 Å². The number of aliphatic imine (C=N–C) groups is 1. The van der Waals surface area contributed by atoms with Gasteiger partial charge in [-0.1, -0.05) is 24.3 Å². The molecule has 0 spiro atoms. The van der Waals surface area contributed by atoms with Crippen LogP contribution in [-0.4, -0.2) is 49.1 Å². The molecule has 1 heterocycles. The lowest BCUT2D eigenvalue weighted by Gasteiger charge is -2.18. The van der Waals surface area contributed by atoms with Crippen LogP contribution in [0.3, 0.4) is 0 Å². The third kappa shape index (κ3) is 6.27. The zero-order valence-corrected chi connectivity index (χ0v) is 17.7. The number of aromatic nitrogens is 2. The summed E-state index contributed by atoms with van der Waals surface area (Å²) in [6.07, 6.45) is 4.77. The highest BCUT2D eigenvalue weighted by atomic mass is 16.5. The second-order valence-corrected chi connectivity index (χ2v) is 6.87. The van der Waals surface area contributed by atoms with Gasteiger partial charge in [0.25, 0.3) is 0 Å². The van der Waals surface area contributed by atoms with Crippen molar-refractivity contribution in [2.45, 2.75) is 19.4 Å². The quantitative estimate of drug-likeness (QED) is 0.421. The minimum Gasteiger partial charge on any atom is -0.497 e. The van der Waals surface area contributed by atoms with Crippen LogP contribution in [0.15, 0.2) is 72.0 Å². The number of methoxy groups -OCH3 is 1. The van der Waals surface area contributed by atoms with E-state index >= 15 is 0 Å². The van der Waals surface area contributed by atoms with Gasteiger partial charge in [0.1, 0.15) is 17.6 Å². The van der Waals surface area contributed by atoms with Gasteiger partial charge in [0.15, 0.2) is 5.96 Å². The van der Waals surface area contributed by atoms with Crippen molar-refractivity contribution in [2.75, 3.05) is 27.2 Å². The maximum absolute atomic E-state index is 5.93. The molecule has 2 N–H and O–H groups in total. The molecule has 0 aliphatic heterocycles. The van der Waals surface area contributed by atoms with E-state index in [1.54, 1.807) is 14.2 Å². The molecule has 7 nitrogen and oxygen atoms in total. The van der Waals surface area contributed by atoms with E-state index < -0.39 is 0 Å². The van der Waals surface area contributed by atoms with Gasteiger partial charge in [0, 0.05) is 25.9 Å². The summed E-state index contributed by atoms with van der Waals surface area (Å²) in [5.41, 5.74) is 2.22. The Morgan fingerprint density at radius 3 is 2.67 bits per heavy atom. The fraction of sp³-hybridized carbons (Fsp3) is 0.304. The first kappa shape index (κ1) is 21.2. The number of nitrogens with zero attached hydrogens (tertiary/aromatic N) is 3. The molecule has 0 saturated carbocycles. The lowest BCUT2D eigenvalue weighted by molar-refractivity contribution is 0.223. The van der Waals surface area contributed by atoms with Gasteiger partial charge >= 0.3 is 0 Å². The summed E-state index contributed by atoms with van der Waals surface area (Å²) in [4.78, 5) is 4.28. The molecule has 0 bridgehead atoms. The van der Waals surface area contributed by atoms with Crippen LogP contribution in [0.1, 0.15) is 12.5 Å². The predicted molar refractivity (Wildman–Crippen MR) is 120 cm³/mol. The Morgan fingerprint density at radius 1 is 1.10 bits per heavy atom. The molecule has 0 aliphatic carbocycles. The zero-order valence-electron chi connectivity index (χ0n) is 17.7. The predicted octanol–water partition coefficient (Wildman–Crippen LogP) is 3.06. The number of rotatable bonds is 9. The van der Waals surface area contributed by atoms with Crippen molar-refractivity contribution in [3.05, 3.63) is 72.6 Å². The maximum Gasteiger partial charge on any atom is 0.191 e. The van der Waals surface area contributed by atoms with Gasteiger partial charge in [-0.3, -0.25) is 4.99 Å². The summed E-state index contributed by atoms with van der Waals surface area (Å²) < 4.78 is 13.1. The normalized spacial score (nSPS) is 12.3. The fourth-order valence-corrected chi connectivity index (χ4v) is 2.95. The molecule has 0 saturated heterocycles. The Hall–Kier alpha value is -3.48. The molecular weight excluding hydrogens is 378 g/mol. The smallest absolute Gasteiger partial charge is 0.191 e. The summed E-state index contributed by atoms with van der Waals surface area (Å²) in [5, 5.41) is 11.1. The molecule has 0 fully saturated rings. The number of hydrogen-bond donors (Lipinski definition) is 2. The second-order valence-electron chi connectivity index (χ2n) is 6.87. The van der Waals surface area contributed by atoms with Crippen LogP contribution in [-0.2, 0) is 6.42 Å². The standard InChI is InChI=1S/C23H29N5O2/c1-18(30-22-11-7-10-21(14-22)29-3)15-26-23(24-2)25-13-12-19-16-27-28(17-19)20-8-5-4-6-9-20/h4-11,14,16-18H,12-13,15H2,1-3H3,(H2,24,25,26). The average Bonchev–Trinajstić information content (AvgIpc) is 3.26. The van der Waals surface area contributed by atoms with Gasteiger partial charge < -0.3 is 20.1 Å². The van der Waals surface area contributed by atoms with Crippen LogP contribution in [0.2, 0.25) is 0 Å². The number of guanidine groups is 1. The van der Waals surface area contributed by atoms with Crippen molar-refractivity contribution in [1.29, 1.82) is 0 Å². The van der Waals surface area contributed by atoms with Gasteiger partial charge in [-0.15, -0.1) is 0 Å². The summed E-state index contributed by atoms with van der Waals surface area (Å²) >= 11 is 0. The summed E-state index contributed by atoms with van der Waals surface area (Å²) in [6, 6.07) is 17.7. The maximum atomic E-state index is 5.93. The summed E-state index contributed by atoms with van der Waals surface area (Å²) in [6.45, 7) is 3.39. The molecule has 0 radical (unpaired) electrons. The van der Waals surface area contributed by atoms with Crippen LogP contribution in [0.4, 0.5) is 0 Å².